The summed E-state index contributed by atoms with van der Waals surface area (Å²) in [5.74, 6) is -0.472. The number of cyclic esters (lactones) is 1. The molecule has 5 rings (SSSR count). The fourth-order valence-corrected chi connectivity index (χ4v) is 4.52. The Balaban J connectivity index is 1.27. The van der Waals surface area contributed by atoms with Gasteiger partial charge in [0.15, 0.2) is 23.6 Å². The van der Waals surface area contributed by atoms with E-state index in [9.17, 15) is 14.0 Å². The van der Waals surface area contributed by atoms with E-state index in [-0.39, 0.29) is 30.0 Å². The third-order valence-corrected chi connectivity index (χ3v) is 6.24. The summed E-state index contributed by atoms with van der Waals surface area (Å²) >= 11 is 6.07. The van der Waals surface area contributed by atoms with Crippen LogP contribution >= 0.6 is 11.6 Å². The Labute approximate surface area is 193 Å². The molecule has 0 spiro atoms. The Hall–Kier alpha value is -3.27. The predicted molar refractivity (Wildman–Crippen MR) is 119 cm³/mol. The molecule has 2 aliphatic rings. The highest BCUT2D eigenvalue weighted by molar-refractivity contribution is 6.31. The standard InChI is InChI=1S/C22H22ClFN6O3/c23-13-6-14-15(9-27-19(14)26-8-13)20-28-10-16(24)21(29-20)25-7-12-2-1-5-30(11-12)22(32)17-3-4-18(31)33-17/h6,8-10,12,17H,1-5,7,11H2,(H,26,27)(H,25,28,29)/t12?,17-/m1/s1. The smallest absolute Gasteiger partial charge is 0.306 e. The Kier molecular flexibility index (Phi) is 5.84. The number of hydrogen-bond acceptors (Lipinski definition) is 7. The van der Waals surface area contributed by atoms with Crippen molar-refractivity contribution < 1.29 is 18.7 Å². The van der Waals surface area contributed by atoms with Crippen LogP contribution in [0, 0.1) is 11.7 Å². The second-order valence-corrected chi connectivity index (χ2v) is 8.77. The Morgan fingerprint density at radius 1 is 1.33 bits per heavy atom. The highest BCUT2D eigenvalue weighted by Crippen LogP contribution is 2.28. The normalized spacial score (nSPS) is 20.8. The summed E-state index contributed by atoms with van der Waals surface area (Å²) in [6, 6.07) is 1.75. The number of H-pyrrole nitrogens is 1. The van der Waals surface area contributed by atoms with Crippen molar-refractivity contribution in [2.24, 2.45) is 5.92 Å². The molecule has 1 amide bonds. The number of carbonyl (C=O) groups excluding carboxylic acids is 2. The molecule has 0 bridgehead atoms. The number of amides is 1. The topological polar surface area (TPSA) is 113 Å². The molecule has 2 aliphatic heterocycles. The fraction of sp³-hybridized carbons (Fsp3) is 0.409. The van der Waals surface area contributed by atoms with Gasteiger partial charge in [-0.25, -0.2) is 19.3 Å². The number of carbonyl (C=O) groups is 2. The van der Waals surface area contributed by atoms with Crippen molar-refractivity contribution >= 4 is 40.3 Å². The average molecular weight is 473 g/mol. The molecule has 5 heterocycles. The van der Waals surface area contributed by atoms with Crippen LogP contribution in [0.3, 0.4) is 0 Å². The van der Waals surface area contributed by atoms with Crippen LogP contribution in [0.2, 0.25) is 5.02 Å². The lowest BCUT2D eigenvalue weighted by Crippen LogP contribution is -2.46. The van der Waals surface area contributed by atoms with E-state index in [2.05, 4.69) is 25.3 Å². The molecule has 0 aromatic carbocycles. The highest BCUT2D eigenvalue weighted by atomic mass is 35.5. The third kappa shape index (κ3) is 4.47. The molecule has 0 radical (unpaired) electrons. The second-order valence-electron chi connectivity index (χ2n) is 8.33. The first-order valence-corrected chi connectivity index (χ1v) is 11.2. The maximum absolute atomic E-state index is 14.4. The third-order valence-electron chi connectivity index (χ3n) is 6.03. The number of rotatable bonds is 5. The molecule has 2 saturated heterocycles. The first-order valence-electron chi connectivity index (χ1n) is 10.9. The van der Waals surface area contributed by atoms with Crippen molar-refractivity contribution in [2.45, 2.75) is 31.8 Å². The molecular formula is C22H22ClFN6O3. The summed E-state index contributed by atoms with van der Waals surface area (Å²) in [4.78, 5) is 41.5. The molecule has 11 heteroatoms. The number of halogens is 2. The molecule has 9 nitrogen and oxygen atoms in total. The number of likely N-dealkylation sites (tertiary alicyclic amines) is 1. The minimum Gasteiger partial charge on any atom is -0.452 e. The van der Waals surface area contributed by atoms with Gasteiger partial charge in [0.1, 0.15) is 5.65 Å². The number of pyridine rings is 1. The van der Waals surface area contributed by atoms with Crippen LogP contribution in [0.25, 0.3) is 22.4 Å². The number of nitrogens with zero attached hydrogens (tertiary/aromatic N) is 4. The van der Waals surface area contributed by atoms with Gasteiger partial charge in [-0.3, -0.25) is 9.59 Å². The van der Waals surface area contributed by atoms with E-state index in [0.717, 1.165) is 24.4 Å². The summed E-state index contributed by atoms with van der Waals surface area (Å²) in [6.07, 6.45) is 6.15. The number of ether oxygens (including phenoxy) is 1. The van der Waals surface area contributed by atoms with Gasteiger partial charge in [0.25, 0.3) is 5.91 Å². The average Bonchev–Trinajstić information content (AvgIpc) is 3.44. The number of aromatic amines is 1. The number of hydrogen-bond donors (Lipinski definition) is 2. The molecule has 2 N–H and O–H groups in total. The summed E-state index contributed by atoms with van der Waals surface area (Å²) in [5, 5.41) is 4.30. The zero-order valence-corrected chi connectivity index (χ0v) is 18.4. The predicted octanol–water partition coefficient (Wildman–Crippen LogP) is 3.17. The van der Waals surface area contributed by atoms with Crippen molar-refractivity contribution in [3.8, 4) is 11.4 Å². The number of fused-ring (bicyclic) bond motifs is 1. The van der Waals surface area contributed by atoms with E-state index in [1.54, 1.807) is 17.2 Å². The lowest BCUT2D eigenvalue weighted by atomic mass is 9.97. The van der Waals surface area contributed by atoms with Gasteiger partial charge in [-0.2, -0.15) is 0 Å². The Morgan fingerprint density at radius 2 is 2.21 bits per heavy atom. The van der Waals surface area contributed by atoms with Crippen LogP contribution in [0.5, 0.6) is 0 Å². The van der Waals surface area contributed by atoms with Crippen molar-refractivity contribution in [3.63, 3.8) is 0 Å². The van der Waals surface area contributed by atoms with Gasteiger partial charge in [-0.05, 0) is 24.8 Å². The minimum atomic E-state index is -0.676. The number of aromatic nitrogens is 4. The van der Waals surface area contributed by atoms with Crippen LogP contribution in [0.4, 0.5) is 10.2 Å². The Bertz CT molecular complexity index is 1220. The van der Waals surface area contributed by atoms with Crippen LogP contribution in [-0.2, 0) is 14.3 Å². The highest BCUT2D eigenvalue weighted by Gasteiger charge is 2.35. The molecule has 0 aliphatic carbocycles. The van der Waals surface area contributed by atoms with Crippen LogP contribution < -0.4 is 5.32 Å². The van der Waals surface area contributed by atoms with Crippen molar-refractivity contribution in [1.82, 2.24) is 24.8 Å². The number of piperidine rings is 1. The summed E-state index contributed by atoms with van der Waals surface area (Å²) in [7, 11) is 0. The first-order chi connectivity index (χ1) is 16.0. The minimum absolute atomic E-state index is 0.0949. The van der Waals surface area contributed by atoms with Crippen molar-refractivity contribution in [1.29, 1.82) is 0 Å². The largest absolute Gasteiger partial charge is 0.452 e. The quantitative estimate of drug-likeness (QED) is 0.548. The van der Waals surface area contributed by atoms with Crippen molar-refractivity contribution in [2.75, 3.05) is 25.0 Å². The first kappa shape index (κ1) is 21.6. The lowest BCUT2D eigenvalue weighted by molar-refractivity contribution is -0.153. The lowest BCUT2D eigenvalue weighted by Gasteiger charge is -2.34. The number of anilines is 1. The van der Waals surface area contributed by atoms with Crippen LogP contribution in [-0.4, -0.2) is 62.5 Å². The molecule has 33 heavy (non-hydrogen) atoms. The summed E-state index contributed by atoms with van der Waals surface area (Å²) < 4.78 is 19.6. The van der Waals surface area contributed by atoms with Gasteiger partial charge in [0, 0.05) is 55.8 Å². The van der Waals surface area contributed by atoms with Gasteiger partial charge in [0.2, 0.25) is 0 Å². The van der Waals surface area contributed by atoms with E-state index in [0.29, 0.717) is 48.1 Å². The maximum atomic E-state index is 14.4. The maximum Gasteiger partial charge on any atom is 0.306 e. The molecule has 3 aromatic heterocycles. The van der Waals surface area contributed by atoms with E-state index in [1.165, 1.54) is 6.20 Å². The van der Waals surface area contributed by atoms with Gasteiger partial charge >= 0.3 is 5.97 Å². The molecule has 2 atom stereocenters. The molecule has 172 valence electrons. The van der Waals surface area contributed by atoms with Gasteiger partial charge in [-0.1, -0.05) is 11.6 Å². The SMILES string of the molecule is O=C1CC[C@H](C(=O)N2CCCC(CNc3nc(-c4c[nH]c5ncc(Cl)cc45)ncc3F)C2)O1. The van der Waals surface area contributed by atoms with Crippen molar-refractivity contribution in [3.05, 3.63) is 35.5 Å². The van der Waals surface area contributed by atoms with Crippen LogP contribution in [0.1, 0.15) is 25.7 Å². The van der Waals surface area contributed by atoms with E-state index in [1.807, 2.05) is 0 Å². The fourth-order valence-electron chi connectivity index (χ4n) is 4.36. The van der Waals surface area contributed by atoms with E-state index >= 15 is 0 Å². The van der Waals surface area contributed by atoms with Crippen LogP contribution in [0.15, 0.2) is 24.7 Å². The number of esters is 1. The summed E-state index contributed by atoms with van der Waals surface area (Å²) in [6.45, 7) is 1.60. The monoisotopic (exact) mass is 472 g/mol. The second kappa shape index (κ2) is 8.93. The molecule has 0 saturated carbocycles. The summed E-state index contributed by atoms with van der Waals surface area (Å²) in [5.41, 5.74) is 1.31. The Morgan fingerprint density at radius 3 is 3.03 bits per heavy atom. The van der Waals surface area contributed by atoms with E-state index < -0.39 is 11.9 Å². The molecule has 2 fully saturated rings. The van der Waals surface area contributed by atoms with Gasteiger partial charge in [0.05, 0.1) is 11.2 Å². The van der Waals surface area contributed by atoms with E-state index in [4.69, 9.17) is 16.3 Å². The number of nitrogens with one attached hydrogen (secondary N) is 2. The van der Waals surface area contributed by atoms with Gasteiger partial charge in [-0.15, -0.1) is 0 Å². The molecular weight excluding hydrogens is 451 g/mol. The molecule has 1 unspecified atom stereocenters. The zero-order chi connectivity index (χ0) is 22.9. The van der Waals surface area contributed by atoms with Gasteiger partial charge < -0.3 is 19.9 Å². The molecule has 3 aromatic rings. The zero-order valence-electron chi connectivity index (χ0n) is 17.7.